The number of carbonyl (C=O) groups excluding carboxylic acids is 3. The number of carbonyl (C=O) groups is 3. The predicted molar refractivity (Wildman–Crippen MR) is 105 cm³/mol. The van der Waals surface area contributed by atoms with E-state index < -0.39 is 5.60 Å². The third-order valence-corrected chi connectivity index (χ3v) is 4.20. The number of anilines is 1. The van der Waals surface area contributed by atoms with Crippen molar-refractivity contribution < 1.29 is 23.9 Å². The minimum absolute atomic E-state index is 0.0929. The summed E-state index contributed by atoms with van der Waals surface area (Å²) in [5.74, 6) is 0.329. The highest BCUT2D eigenvalue weighted by molar-refractivity contribution is 5.93. The van der Waals surface area contributed by atoms with Gasteiger partial charge >= 0.3 is 6.09 Å². The van der Waals surface area contributed by atoms with Gasteiger partial charge in [-0.3, -0.25) is 9.59 Å². The van der Waals surface area contributed by atoms with E-state index in [4.69, 9.17) is 9.47 Å². The second-order valence-electron chi connectivity index (χ2n) is 7.63. The molecule has 3 amide bonds. The van der Waals surface area contributed by atoms with Crippen molar-refractivity contribution in [2.45, 2.75) is 39.2 Å². The number of hydrogen-bond acceptors (Lipinski definition) is 5. The molecule has 1 aliphatic heterocycles. The molecule has 154 valence electrons. The van der Waals surface area contributed by atoms with E-state index in [0.717, 1.165) is 0 Å². The number of piperazine rings is 1. The van der Waals surface area contributed by atoms with Gasteiger partial charge in [0.15, 0.2) is 0 Å². The van der Waals surface area contributed by atoms with Crippen LogP contribution in [0.4, 0.5) is 10.5 Å². The zero-order valence-electron chi connectivity index (χ0n) is 17.0. The minimum Gasteiger partial charge on any atom is -0.497 e. The minimum atomic E-state index is -0.541. The zero-order valence-corrected chi connectivity index (χ0v) is 17.0. The molecule has 1 saturated heterocycles. The number of nitrogens with one attached hydrogen (secondary N) is 1. The zero-order chi connectivity index (χ0) is 20.7. The molecule has 0 bridgehead atoms. The first-order valence-electron chi connectivity index (χ1n) is 9.37. The van der Waals surface area contributed by atoms with Crippen molar-refractivity contribution in [3.05, 3.63) is 24.3 Å². The molecule has 0 spiro atoms. The number of nitrogens with zero attached hydrogens (tertiary/aromatic N) is 2. The molecule has 2 rings (SSSR count). The third-order valence-electron chi connectivity index (χ3n) is 4.20. The maximum atomic E-state index is 12.4. The molecule has 28 heavy (non-hydrogen) atoms. The van der Waals surface area contributed by atoms with Crippen LogP contribution in [0.25, 0.3) is 0 Å². The molecule has 0 unspecified atom stereocenters. The van der Waals surface area contributed by atoms with Gasteiger partial charge < -0.3 is 24.6 Å². The fourth-order valence-electron chi connectivity index (χ4n) is 2.77. The molecule has 1 aromatic carbocycles. The summed E-state index contributed by atoms with van der Waals surface area (Å²) in [5.41, 5.74) is 0.0861. The molecular weight excluding hydrogens is 362 g/mol. The van der Waals surface area contributed by atoms with Crippen molar-refractivity contribution in [2.24, 2.45) is 0 Å². The Balaban J connectivity index is 1.73. The molecule has 0 atom stereocenters. The Bertz CT molecular complexity index is 706. The first kappa shape index (κ1) is 21.5. The lowest BCUT2D eigenvalue weighted by molar-refractivity contribution is -0.134. The van der Waals surface area contributed by atoms with Gasteiger partial charge in [-0.05, 0) is 32.9 Å². The van der Waals surface area contributed by atoms with Crippen LogP contribution in [-0.4, -0.2) is 66.6 Å². The topological polar surface area (TPSA) is 88.2 Å². The van der Waals surface area contributed by atoms with Gasteiger partial charge in [0, 0.05) is 50.8 Å². The van der Waals surface area contributed by atoms with Gasteiger partial charge in [0.25, 0.3) is 0 Å². The lowest BCUT2D eigenvalue weighted by Gasteiger charge is -2.35. The van der Waals surface area contributed by atoms with E-state index in [1.54, 1.807) is 41.2 Å². The maximum Gasteiger partial charge on any atom is 0.410 e. The molecule has 1 N–H and O–H groups in total. The highest BCUT2D eigenvalue weighted by Crippen LogP contribution is 2.17. The van der Waals surface area contributed by atoms with Gasteiger partial charge in [-0.15, -0.1) is 0 Å². The van der Waals surface area contributed by atoms with Crippen LogP contribution in [0.1, 0.15) is 33.6 Å². The molecule has 0 saturated carbocycles. The van der Waals surface area contributed by atoms with Crippen LogP contribution in [-0.2, 0) is 14.3 Å². The standard InChI is InChI=1S/C20H29N3O5/c1-20(2,3)28-19(26)23-12-10-22(11-13-23)18(25)9-8-17(24)21-15-6-5-7-16(14-15)27-4/h5-7,14H,8-13H2,1-4H3,(H,21,24). The van der Waals surface area contributed by atoms with Crippen LogP contribution in [0.3, 0.4) is 0 Å². The first-order chi connectivity index (χ1) is 13.2. The molecular formula is C20H29N3O5. The molecule has 0 radical (unpaired) electrons. The van der Waals surface area contributed by atoms with E-state index in [2.05, 4.69) is 5.32 Å². The van der Waals surface area contributed by atoms with E-state index >= 15 is 0 Å². The summed E-state index contributed by atoms with van der Waals surface area (Å²) in [6.45, 7) is 7.20. The average Bonchev–Trinajstić information content (AvgIpc) is 2.65. The predicted octanol–water partition coefficient (Wildman–Crippen LogP) is 2.49. The highest BCUT2D eigenvalue weighted by Gasteiger charge is 2.27. The Morgan fingerprint density at radius 3 is 2.29 bits per heavy atom. The van der Waals surface area contributed by atoms with Crippen LogP contribution < -0.4 is 10.1 Å². The van der Waals surface area contributed by atoms with E-state index in [9.17, 15) is 14.4 Å². The molecule has 0 aromatic heterocycles. The smallest absolute Gasteiger partial charge is 0.410 e. The van der Waals surface area contributed by atoms with Crippen molar-refractivity contribution >= 4 is 23.6 Å². The summed E-state index contributed by atoms with van der Waals surface area (Å²) in [5, 5.41) is 2.76. The second kappa shape index (κ2) is 9.43. The van der Waals surface area contributed by atoms with Gasteiger partial charge in [0.05, 0.1) is 7.11 Å². The lowest BCUT2D eigenvalue weighted by Crippen LogP contribution is -2.51. The summed E-state index contributed by atoms with van der Waals surface area (Å²) in [6.07, 6.45) is -0.137. The van der Waals surface area contributed by atoms with E-state index in [1.165, 1.54) is 0 Å². The van der Waals surface area contributed by atoms with Gasteiger partial charge in [0.2, 0.25) is 11.8 Å². The molecule has 1 aromatic rings. The summed E-state index contributed by atoms with van der Waals surface area (Å²) < 4.78 is 10.5. The number of benzene rings is 1. The Morgan fingerprint density at radius 2 is 1.68 bits per heavy atom. The molecule has 8 heteroatoms. The third kappa shape index (κ3) is 6.75. The monoisotopic (exact) mass is 391 g/mol. The Morgan fingerprint density at radius 1 is 1.04 bits per heavy atom. The first-order valence-corrected chi connectivity index (χ1v) is 9.37. The largest absolute Gasteiger partial charge is 0.497 e. The number of rotatable bonds is 5. The van der Waals surface area contributed by atoms with E-state index in [0.29, 0.717) is 37.6 Å². The van der Waals surface area contributed by atoms with E-state index in [-0.39, 0.29) is 30.7 Å². The summed E-state index contributed by atoms with van der Waals surface area (Å²) in [6, 6.07) is 7.05. The molecule has 0 aliphatic carbocycles. The van der Waals surface area contributed by atoms with Crippen LogP contribution in [0, 0.1) is 0 Å². The quantitative estimate of drug-likeness (QED) is 0.833. The molecule has 8 nitrogen and oxygen atoms in total. The van der Waals surface area contributed by atoms with Gasteiger partial charge in [-0.25, -0.2) is 4.79 Å². The number of methoxy groups -OCH3 is 1. The summed E-state index contributed by atoms with van der Waals surface area (Å²) in [7, 11) is 1.56. The summed E-state index contributed by atoms with van der Waals surface area (Å²) >= 11 is 0. The van der Waals surface area contributed by atoms with E-state index in [1.807, 2.05) is 20.8 Å². The Labute approximate surface area is 165 Å². The van der Waals surface area contributed by atoms with Gasteiger partial charge in [-0.1, -0.05) is 6.07 Å². The van der Waals surface area contributed by atoms with Crippen molar-refractivity contribution in [3.63, 3.8) is 0 Å². The second-order valence-corrected chi connectivity index (χ2v) is 7.63. The van der Waals surface area contributed by atoms with Gasteiger partial charge in [-0.2, -0.15) is 0 Å². The van der Waals surface area contributed by atoms with Crippen molar-refractivity contribution in [1.29, 1.82) is 0 Å². The van der Waals surface area contributed by atoms with Crippen LogP contribution in [0.2, 0.25) is 0 Å². The fourth-order valence-corrected chi connectivity index (χ4v) is 2.77. The Hall–Kier alpha value is -2.77. The highest BCUT2D eigenvalue weighted by atomic mass is 16.6. The SMILES string of the molecule is COc1cccc(NC(=O)CCC(=O)N2CCN(C(=O)OC(C)(C)C)CC2)c1. The fraction of sp³-hybridized carbons (Fsp3) is 0.550. The average molecular weight is 391 g/mol. The molecule has 1 heterocycles. The number of amides is 3. The van der Waals surface area contributed by atoms with Crippen LogP contribution in [0.5, 0.6) is 5.75 Å². The summed E-state index contributed by atoms with van der Waals surface area (Å²) in [4.78, 5) is 39.8. The number of hydrogen-bond donors (Lipinski definition) is 1. The van der Waals surface area contributed by atoms with Gasteiger partial charge in [0.1, 0.15) is 11.4 Å². The molecule has 1 aliphatic rings. The van der Waals surface area contributed by atoms with Crippen molar-refractivity contribution in [3.8, 4) is 5.75 Å². The maximum absolute atomic E-state index is 12.4. The van der Waals surface area contributed by atoms with Crippen LogP contribution >= 0.6 is 0 Å². The normalized spacial score (nSPS) is 14.4. The Kier molecular flexibility index (Phi) is 7.25. The lowest BCUT2D eigenvalue weighted by atomic mass is 10.2. The number of ether oxygens (including phenoxy) is 2. The van der Waals surface area contributed by atoms with Crippen molar-refractivity contribution in [2.75, 3.05) is 38.6 Å². The van der Waals surface area contributed by atoms with Crippen molar-refractivity contribution in [1.82, 2.24) is 9.80 Å². The molecule has 1 fully saturated rings. The van der Waals surface area contributed by atoms with Crippen LogP contribution in [0.15, 0.2) is 24.3 Å².